The van der Waals surface area contributed by atoms with Crippen molar-refractivity contribution in [1.29, 1.82) is 0 Å². The van der Waals surface area contributed by atoms with Crippen LogP contribution in [0.1, 0.15) is 45.4 Å². The van der Waals surface area contributed by atoms with Gasteiger partial charge in [0.1, 0.15) is 0 Å². The zero-order chi connectivity index (χ0) is 11.1. The maximum Gasteiger partial charge on any atom is 0.222 e. The molecule has 1 aliphatic rings. The summed E-state index contributed by atoms with van der Waals surface area (Å²) in [6.07, 6.45) is 6.85. The van der Waals surface area contributed by atoms with Gasteiger partial charge in [-0.2, -0.15) is 0 Å². The Balaban J connectivity index is 2.25. The van der Waals surface area contributed by atoms with E-state index in [9.17, 15) is 4.79 Å². The van der Waals surface area contributed by atoms with Gasteiger partial charge in [-0.05, 0) is 24.7 Å². The van der Waals surface area contributed by atoms with E-state index in [4.69, 9.17) is 4.74 Å². The zero-order valence-corrected chi connectivity index (χ0v) is 9.97. The van der Waals surface area contributed by atoms with Gasteiger partial charge in [0, 0.05) is 20.1 Å². The molecule has 1 rings (SSSR count). The molecule has 0 aromatic carbocycles. The summed E-state index contributed by atoms with van der Waals surface area (Å²) in [5, 5.41) is 3.03. The predicted molar refractivity (Wildman–Crippen MR) is 60.7 cm³/mol. The Labute approximate surface area is 92.6 Å². The molecule has 3 nitrogen and oxygen atoms in total. The first-order valence-electron chi connectivity index (χ1n) is 5.98. The van der Waals surface area contributed by atoms with E-state index in [1.807, 2.05) is 0 Å². The molecule has 1 aliphatic carbocycles. The molecule has 3 heteroatoms. The van der Waals surface area contributed by atoms with E-state index in [1.165, 1.54) is 32.1 Å². The molecule has 0 aromatic heterocycles. The van der Waals surface area contributed by atoms with Crippen molar-refractivity contribution in [3.8, 4) is 0 Å². The summed E-state index contributed by atoms with van der Waals surface area (Å²) < 4.78 is 4.87. The molecular weight excluding hydrogens is 190 g/mol. The summed E-state index contributed by atoms with van der Waals surface area (Å²) in [6, 6.07) is 0. The minimum Gasteiger partial charge on any atom is -0.384 e. The number of carbonyl (C=O) groups is 1. The molecule has 0 aromatic rings. The first-order valence-corrected chi connectivity index (χ1v) is 5.98. The number of nitrogens with one attached hydrogen (secondary N) is 1. The Bertz CT molecular complexity index is 198. The molecular formula is C12H23NO2. The van der Waals surface area contributed by atoms with E-state index in [0.717, 1.165) is 6.54 Å². The number of hydrogen-bond acceptors (Lipinski definition) is 2. The third kappa shape index (κ3) is 3.82. The van der Waals surface area contributed by atoms with Crippen molar-refractivity contribution in [2.45, 2.75) is 45.4 Å². The van der Waals surface area contributed by atoms with Crippen molar-refractivity contribution in [2.75, 3.05) is 20.3 Å². The van der Waals surface area contributed by atoms with Crippen molar-refractivity contribution < 1.29 is 9.53 Å². The highest BCUT2D eigenvalue weighted by Crippen LogP contribution is 2.40. The number of ether oxygens (including phenoxy) is 1. The van der Waals surface area contributed by atoms with Crippen molar-refractivity contribution >= 4 is 5.91 Å². The molecule has 0 saturated heterocycles. The minimum absolute atomic E-state index is 0.122. The standard InChI is InChI=1S/C12H23NO2/c1-3-12(7-4-5-8-12)10-13-11(14)6-9-15-2/h3-10H2,1-2H3,(H,13,14). The van der Waals surface area contributed by atoms with Crippen LogP contribution in [0.3, 0.4) is 0 Å². The van der Waals surface area contributed by atoms with E-state index >= 15 is 0 Å². The van der Waals surface area contributed by atoms with Gasteiger partial charge >= 0.3 is 0 Å². The Hall–Kier alpha value is -0.570. The van der Waals surface area contributed by atoms with Crippen molar-refractivity contribution in [1.82, 2.24) is 5.32 Å². The molecule has 88 valence electrons. The molecule has 0 bridgehead atoms. The summed E-state index contributed by atoms with van der Waals surface area (Å²) in [7, 11) is 1.62. The predicted octanol–water partition coefficient (Wildman–Crippen LogP) is 2.11. The first kappa shape index (κ1) is 12.5. The highest BCUT2D eigenvalue weighted by atomic mass is 16.5. The van der Waals surface area contributed by atoms with E-state index < -0.39 is 0 Å². The lowest BCUT2D eigenvalue weighted by atomic mass is 9.83. The molecule has 1 amide bonds. The topological polar surface area (TPSA) is 38.3 Å². The van der Waals surface area contributed by atoms with Crippen molar-refractivity contribution in [3.63, 3.8) is 0 Å². The molecule has 0 atom stereocenters. The molecule has 0 heterocycles. The lowest BCUT2D eigenvalue weighted by molar-refractivity contribution is -0.122. The fourth-order valence-corrected chi connectivity index (χ4v) is 2.35. The van der Waals surface area contributed by atoms with Gasteiger partial charge in [0.2, 0.25) is 5.91 Å². The average Bonchev–Trinajstić information content (AvgIpc) is 2.73. The smallest absolute Gasteiger partial charge is 0.222 e. The van der Waals surface area contributed by atoms with Gasteiger partial charge in [-0.3, -0.25) is 4.79 Å². The lowest BCUT2D eigenvalue weighted by Gasteiger charge is -2.27. The van der Waals surface area contributed by atoms with Crippen LogP contribution in [-0.4, -0.2) is 26.2 Å². The number of carbonyl (C=O) groups excluding carboxylic acids is 1. The average molecular weight is 213 g/mol. The van der Waals surface area contributed by atoms with Crippen LogP contribution in [0.4, 0.5) is 0 Å². The summed E-state index contributed by atoms with van der Waals surface area (Å²) in [5.41, 5.74) is 0.392. The second-order valence-corrected chi connectivity index (χ2v) is 4.58. The van der Waals surface area contributed by atoms with Crippen LogP contribution in [-0.2, 0) is 9.53 Å². The molecule has 15 heavy (non-hydrogen) atoms. The van der Waals surface area contributed by atoms with Gasteiger partial charge in [-0.15, -0.1) is 0 Å². The number of methoxy groups -OCH3 is 1. The molecule has 1 N–H and O–H groups in total. The number of rotatable bonds is 6. The SMILES string of the molecule is CCC1(CNC(=O)CCOC)CCCC1. The minimum atomic E-state index is 0.122. The largest absolute Gasteiger partial charge is 0.384 e. The van der Waals surface area contributed by atoms with Gasteiger partial charge in [0.15, 0.2) is 0 Å². The van der Waals surface area contributed by atoms with Gasteiger partial charge in [-0.25, -0.2) is 0 Å². The van der Waals surface area contributed by atoms with Gasteiger partial charge in [-0.1, -0.05) is 19.8 Å². The molecule has 0 aliphatic heterocycles. The van der Waals surface area contributed by atoms with Gasteiger partial charge < -0.3 is 10.1 Å². The Kier molecular flexibility index (Phi) is 5.09. The molecule has 0 spiro atoms. The molecule has 0 radical (unpaired) electrons. The maximum atomic E-state index is 11.4. The van der Waals surface area contributed by atoms with Crippen LogP contribution >= 0.6 is 0 Å². The molecule has 1 saturated carbocycles. The van der Waals surface area contributed by atoms with Crippen LogP contribution < -0.4 is 5.32 Å². The Morgan fingerprint density at radius 1 is 1.40 bits per heavy atom. The van der Waals surface area contributed by atoms with E-state index in [0.29, 0.717) is 18.4 Å². The van der Waals surface area contributed by atoms with Crippen molar-refractivity contribution in [2.24, 2.45) is 5.41 Å². The summed E-state index contributed by atoms with van der Waals surface area (Å²) >= 11 is 0. The van der Waals surface area contributed by atoms with Crippen LogP contribution in [0.15, 0.2) is 0 Å². The van der Waals surface area contributed by atoms with E-state index in [2.05, 4.69) is 12.2 Å². The monoisotopic (exact) mass is 213 g/mol. The van der Waals surface area contributed by atoms with E-state index in [1.54, 1.807) is 7.11 Å². The zero-order valence-electron chi connectivity index (χ0n) is 9.97. The maximum absolute atomic E-state index is 11.4. The Morgan fingerprint density at radius 3 is 2.60 bits per heavy atom. The second kappa shape index (κ2) is 6.11. The van der Waals surface area contributed by atoms with Gasteiger partial charge in [0.05, 0.1) is 6.61 Å². The quantitative estimate of drug-likeness (QED) is 0.734. The summed E-state index contributed by atoms with van der Waals surface area (Å²) in [5.74, 6) is 0.122. The second-order valence-electron chi connectivity index (χ2n) is 4.58. The van der Waals surface area contributed by atoms with Crippen LogP contribution in [0.5, 0.6) is 0 Å². The number of amides is 1. The molecule has 0 unspecified atom stereocenters. The lowest BCUT2D eigenvalue weighted by Crippen LogP contribution is -2.35. The highest BCUT2D eigenvalue weighted by Gasteiger charge is 2.31. The van der Waals surface area contributed by atoms with Crippen LogP contribution in [0.2, 0.25) is 0 Å². The fourth-order valence-electron chi connectivity index (χ4n) is 2.35. The first-order chi connectivity index (χ1) is 7.22. The number of hydrogen-bond donors (Lipinski definition) is 1. The Morgan fingerprint density at radius 2 is 2.07 bits per heavy atom. The fraction of sp³-hybridized carbons (Fsp3) is 0.917. The third-order valence-electron chi connectivity index (χ3n) is 3.61. The van der Waals surface area contributed by atoms with E-state index in [-0.39, 0.29) is 5.91 Å². The summed E-state index contributed by atoms with van der Waals surface area (Å²) in [4.78, 5) is 11.4. The normalized spacial score (nSPS) is 19.1. The summed E-state index contributed by atoms with van der Waals surface area (Å²) in [6.45, 7) is 3.60. The molecule has 1 fully saturated rings. The third-order valence-corrected chi connectivity index (χ3v) is 3.61. The van der Waals surface area contributed by atoms with Crippen LogP contribution in [0.25, 0.3) is 0 Å². The van der Waals surface area contributed by atoms with Crippen molar-refractivity contribution in [3.05, 3.63) is 0 Å². The van der Waals surface area contributed by atoms with Gasteiger partial charge in [0.25, 0.3) is 0 Å². The highest BCUT2D eigenvalue weighted by molar-refractivity contribution is 5.75. The van der Waals surface area contributed by atoms with Crippen LogP contribution in [0, 0.1) is 5.41 Å².